The average Bonchev–Trinajstić information content (AvgIpc) is 2.48. The van der Waals surface area contributed by atoms with Crippen LogP contribution in [0.5, 0.6) is 0 Å². The summed E-state index contributed by atoms with van der Waals surface area (Å²) >= 11 is 0. The van der Waals surface area contributed by atoms with Crippen molar-refractivity contribution >= 4 is 16.7 Å². The van der Waals surface area contributed by atoms with E-state index in [4.69, 9.17) is 0 Å². The highest BCUT2D eigenvalue weighted by Crippen LogP contribution is 2.34. The molecule has 21 heavy (non-hydrogen) atoms. The third kappa shape index (κ3) is 2.29. The topological polar surface area (TPSA) is 37.3 Å². The minimum Gasteiger partial charge on any atom is -0.478 e. The van der Waals surface area contributed by atoms with Crippen LogP contribution in [-0.2, 0) is 0 Å². The number of rotatable bonds is 2. The van der Waals surface area contributed by atoms with Gasteiger partial charge in [-0.3, -0.25) is 0 Å². The lowest BCUT2D eigenvalue weighted by Crippen LogP contribution is -2.01. The number of carboxylic acid groups (broad SMARTS) is 1. The molecule has 0 aliphatic carbocycles. The SMILES string of the molecule is Cc1ccc(C)c(-c2c(C(=O)O)ccc3ccccc23)c1. The van der Waals surface area contributed by atoms with Gasteiger partial charge in [-0.25, -0.2) is 4.79 Å². The fourth-order valence-corrected chi connectivity index (χ4v) is 2.75. The van der Waals surface area contributed by atoms with E-state index in [2.05, 4.69) is 6.07 Å². The van der Waals surface area contributed by atoms with Crippen LogP contribution in [0.2, 0.25) is 0 Å². The number of aryl methyl sites for hydroxylation is 2. The van der Waals surface area contributed by atoms with Gasteiger partial charge in [-0.15, -0.1) is 0 Å². The van der Waals surface area contributed by atoms with Crippen molar-refractivity contribution in [2.24, 2.45) is 0 Å². The second-order valence-electron chi connectivity index (χ2n) is 5.33. The fourth-order valence-electron chi connectivity index (χ4n) is 2.75. The summed E-state index contributed by atoms with van der Waals surface area (Å²) in [4.78, 5) is 11.6. The van der Waals surface area contributed by atoms with Crippen molar-refractivity contribution in [2.75, 3.05) is 0 Å². The van der Waals surface area contributed by atoms with Crippen molar-refractivity contribution in [1.29, 1.82) is 0 Å². The lowest BCUT2D eigenvalue weighted by molar-refractivity contribution is 0.0698. The molecular weight excluding hydrogens is 260 g/mol. The van der Waals surface area contributed by atoms with Crippen LogP contribution >= 0.6 is 0 Å². The zero-order valence-electron chi connectivity index (χ0n) is 12.1. The molecule has 104 valence electrons. The highest BCUT2D eigenvalue weighted by atomic mass is 16.4. The number of hydrogen-bond donors (Lipinski definition) is 1. The van der Waals surface area contributed by atoms with Crippen molar-refractivity contribution in [3.05, 3.63) is 71.3 Å². The summed E-state index contributed by atoms with van der Waals surface area (Å²) in [5.74, 6) is -0.892. The molecule has 0 heterocycles. The molecule has 0 bridgehead atoms. The maximum absolute atomic E-state index is 11.6. The molecule has 0 saturated heterocycles. The lowest BCUT2D eigenvalue weighted by atomic mass is 9.90. The summed E-state index contributed by atoms with van der Waals surface area (Å²) in [5.41, 5.74) is 4.35. The summed E-state index contributed by atoms with van der Waals surface area (Å²) < 4.78 is 0. The molecule has 0 fully saturated rings. The minimum absolute atomic E-state index is 0.349. The quantitative estimate of drug-likeness (QED) is 0.728. The predicted molar refractivity (Wildman–Crippen MR) is 85.8 cm³/mol. The van der Waals surface area contributed by atoms with Crippen molar-refractivity contribution in [3.63, 3.8) is 0 Å². The van der Waals surface area contributed by atoms with Gasteiger partial charge in [0.2, 0.25) is 0 Å². The van der Waals surface area contributed by atoms with Crippen LogP contribution in [0.25, 0.3) is 21.9 Å². The molecule has 2 nitrogen and oxygen atoms in total. The van der Waals surface area contributed by atoms with E-state index in [9.17, 15) is 9.90 Å². The Morgan fingerprint density at radius 3 is 2.48 bits per heavy atom. The molecule has 0 saturated carbocycles. The normalized spacial score (nSPS) is 10.8. The highest BCUT2D eigenvalue weighted by molar-refractivity contribution is 6.08. The van der Waals surface area contributed by atoms with E-state index in [0.29, 0.717) is 5.56 Å². The molecule has 2 heteroatoms. The maximum atomic E-state index is 11.6. The summed E-state index contributed by atoms with van der Waals surface area (Å²) in [7, 11) is 0. The molecule has 0 amide bonds. The number of fused-ring (bicyclic) bond motifs is 1. The Hall–Kier alpha value is -2.61. The number of carboxylic acids is 1. The predicted octanol–water partition coefficient (Wildman–Crippen LogP) is 4.82. The van der Waals surface area contributed by atoms with E-state index in [1.54, 1.807) is 6.07 Å². The lowest BCUT2D eigenvalue weighted by Gasteiger charge is -2.14. The van der Waals surface area contributed by atoms with Gasteiger partial charge in [0.05, 0.1) is 5.56 Å². The van der Waals surface area contributed by atoms with Crippen LogP contribution < -0.4 is 0 Å². The Bertz CT molecular complexity index is 847. The van der Waals surface area contributed by atoms with Gasteiger partial charge in [-0.2, -0.15) is 0 Å². The van der Waals surface area contributed by atoms with E-state index < -0.39 is 5.97 Å². The number of aromatic carboxylic acids is 1. The molecule has 3 rings (SSSR count). The second-order valence-corrected chi connectivity index (χ2v) is 5.33. The van der Waals surface area contributed by atoms with E-state index >= 15 is 0 Å². The van der Waals surface area contributed by atoms with Gasteiger partial charge in [0.1, 0.15) is 0 Å². The van der Waals surface area contributed by atoms with Crippen LogP contribution in [0, 0.1) is 13.8 Å². The molecular formula is C19H16O2. The zero-order valence-corrected chi connectivity index (χ0v) is 12.1. The monoisotopic (exact) mass is 276 g/mol. The molecule has 0 aliphatic rings. The van der Waals surface area contributed by atoms with E-state index in [1.807, 2.05) is 56.3 Å². The zero-order chi connectivity index (χ0) is 15.0. The van der Waals surface area contributed by atoms with Crippen molar-refractivity contribution in [1.82, 2.24) is 0 Å². The second kappa shape index (κ2) is 5.06. The standard InChI is InChI=1S/C19H16O2/c1-12-7-8-13(2)17(11-12)18-15-6-4-3-5-14(15)9-10-16(18)19(20)21/h3-11H,1-2H3,(H,20,21). The summed E-state index contributed by atoms with van der Waals surface area (Å²) in [5, 5.41) is 11.6. The Balaban J connectivity index is 2.46. The van der Waals surface area contributed by atoms with Crippen LogP contribution in [0.3, 0.4) is 0 Å². The first kappa shape index (κ1) is 13.4. The van der Waals surface area contributed by atoms with Gasteiger partial charge in [-0.1, -0.05) is 54.1 Å². The van der Waals surface area contributed by atoms with Crippen molar-refractivity contribution in [3.8, 4) is 11.1 Å². The molecule has 3 aromatic carbocycles. The van der Waals surface area contributed by atoms with Crippen LogP contribution in [0.1, 0.15) is 21.5 Å². The molecule has 0 spiro atoms. The number of benzene rings is 3. The van der Waals surface area contributed by atoms with Gasteiger partial charge in [0.25, 0.3) is 0 Å². The first-order chi connectivity index (χ1) is 10.1. The molecule has 3 aromatic rings. The average molecular weight is 276 g/mol. The number of carbonyl (C=O) groups is 1. The fraction of sp³-hybridized carbons (Fsp3) is 0.105. The van der Waals surface area contributed by atoms with Gasteiger partial charge in [-0.05, 0) is 41.8 Å². The minimum atomic E-state index is -0.892. The first-order valence-corrected chi connectivity index (χ1v) is 6.90. The van der Waals surface area contributed by atoms with Crippen LogP contribution in [0.4, 0.5) is 0 Å². The largest absolute Gasteiger partial charge is 0.478 e. The molecule has 0 atom stereocenters. The molecule has 0 aromatic heterocycles. The first-order valence-electron chi connectivity index (χ1n) is 6.90. The third-order valence-electron chi connectivity index (χ3n) is 3.82. The van der Waals surface area contributed by atoms with Crippen molar-refractivity contribution in [2.45, 2.75) is 13.8 Å². The third-order valence-corrected chi connectivity index (χ3v) is 3.82. The maximum Gasteiger partial charge on any atom is 0.336 e. The van der Waals surface area contributed by atoms with Gasteiger partial charge in [0.15, 0.2) is 0 Å². The van der Waals surface area contributed by atoms with Crippen molar-refractivity contribution < 1.29 is 9.90 Å². The van der Waals surface area contributed by atoms with E-state index in [1.165, 1.54) is 0 Å². The Morgan fingerprint density at radius 2 is 1.71 bits per heavy atom. The van der Waals surface area contributed by atoms with Crippen LogP contribution in [0.15, 0.2) is 54.6 Å². The van der Waals surface area contributed by atoms with E-state index in [-0.39, 0.29) is 0 Å². The Morgan fingerprint density at radius 1 is 0.952 bits per heavy atom. The molecule has 1 N–H and O–H groups in total. The molecule has 0 radical (unpaired) electrons. The van der Waals surface area contributed by atoms with Gasteiger partial charge >= 0.3 is 5.97 Å². The Labute approximate surface area is 123 Å². The summed E-state index contributed by atoms with van der Waals surface area (Å²) in [6, 6.07) is 17.6. The van der Waals surface area contributed by atoms with Gasteiger partial charge in [0, 0.05) is 5.56 Å². The van der Waals surface area contributed by atoms with Crippen LogP contribution in [-0.4, -0.2) is 11.1 Å². The Kier molecular flexibility index (Phi) is 3.22. The molecule has 0 aliphatic heterocycles. The summed E-state index contributed by atoms with van der Waals surface area (Å²) in [6.07, 6.45) is 0. The summed E-state index contributed by atoms with van der Waals surface area (Å²) in [6.45, 7) is 4.04. The smallest absolute Gasteiger partial charge is 0.336 e. The molecule has 0 unspecified atom stereocenters. The highest BCUT2D eigenvalue weighted by Gasteiger charge is 2.16. The van der Waals surface area contributed by atoms with E-state index in [0.717, 1.165) is 33.0 Å². The van der Waals surface area contributed by atoms with Gasteiger partial charge < -0.3 is 5.11 Å². The number of hydrogen-bond acceptors (Lipinski definition) is 1.